The second-order valence-corrected chi connectivity index (χ2v) is 6.70. The van der Waals surface area contributed by atoms with Gasteiger partial charge in [-0.2, -0.15) is 0 Å². The Morgan fingerprint density at radius 3 is 2.74 bits per heavy atom. The van der Waals surface area contributed by atoms with E-state index in [0.29, 0.717) is 19.2 Å². The average molecular weight is 337 g/mol. The summed E-state index contributed by atoms with van der Waals surface area (Å²) in [7, 11) is 0. The van der Waals surface area contributed by atoms with Gasteiger partial charge in [0.15, 0.2) is 0 Å². The van der Waals surface area contributed by atoms with Crippen LogP contribution in [0.4, 0.5) is 5.69 Å². The van der Waals surface area contributed by atoms with Gasteiger partial charge in [0.1, 0.15) is 0 Å². The molecule has 2 fully saturated rings. The minimum atomic E-state index is -1.30. The van der Waals surface area contributed by atoms with E-state index in [1.165, 1.54) is 19.3 Å². The minimum Gasteiger partial charge on any atom is -0.336 e. The Kier molecular flexibility index (Phi) is 4.05. The van der Waals surface area contributed by atoms with E-state index < -0.39 is 5.79 Å². The summed E-state index contributed by atoms with van der Waals surface area (Å²) in [6.07, 6.45) is 3.41. The molecule has 6 heteroatoms. The van der Waals surface area contributed by atoms with Crippen LogP contribution in [0.15, 0.2) is 24.3 Å². The first-order chi connectivity index (χ1) is 11.2. The minimum absolute atomic E-state index is 0.128. The summed E-state index contributed by atoms with van der Waals surface area (Å²) >= 11 is 5.90. The number of halogens is 1. The highest BCUT2D eigenvalue weighted by Crippen LogP contribution is 2.47. The number of amides is 1. The zero-order valence-electron chi connectivity index (χ0n) is 13.0. The Labute approximate surface area is 141 Å². The van der Waals surface area contributed by atoms with Crippen molar-refractivity contribution in [1.29, 1.82) is 0 Å². The van der Waals surface area contributed by atoms with Crippen molar-refractivity contribution < 1.29 is 14.3 Å². The van der Waals surface area contributed by atoms with E-state index in [-0.39, 0.29) is 12.0 Å². The molecular formula is C17H21ClN2O3. The molecule has 2 atom stereocenters. The maximum absolute atomic E-state index is 13.1. The van der Waals surface area contributed by atoms with Crippen LogP contribution in [0.25, 0.3) is 0 Å². The first kappa shape index (κ1) is 15.4. The smallest absolute Gasteiger partial charge is 0.293 e. The van der Waals surface area contributed by atoms with Crippen LogP contribution in [0.2, 0.25) is 0 Å². The van der Waals surface area contributed by atoms with Crippen LogP contribution in [0.1, 0.15) is 24.8 Å². The fourth-order valence-electron chi connectivity index (χ4n) is 3.67. The Morgan fingerprint density at radius 2 is 2.00 bits per heavy atom. The molecule has 0 aromatic heterocycles. The number of ether oxygens (including phenoxy) is 2. The number of likely N-dealkylation sites (tertiary alicyclic amines) is 1. The molecule has 3 heterocycles. The molecule has 1 amide bonds. The molecule has 0 saturated carbocycles. The molecular weight excluding hydrogens is 316 g/mol. The van der Waals surface area contributed by atoms with Gasteiger partial charge >= 0.3 is 0 Å². The van der Waals surface area contributed by atoms with E-state index in [1.807, 2.05) is 24.3 Å². The van der Waals surface area contributed by atoms with Gasteiger partial charge in [0.2, 0.25) is 0 Å². The van der Waals surface area contributed by atoms with Gasteiger partial charge in [-0.1, -0.05) is 24.6 Å². The number of piperidine rings is 1. The van der Waals surface area contributed by atoms with Crippen molar-refractivity contribution in [1.82, 2.24) is 4.90 Å². The predicted molar refractivity (Wildman–Crippen MR) is 87.4 cm³/mol. The number of carbonyl (C=O) groups excluding carboxylic acids is 1. The zero-order valence-corrected chi connectivity index (χ0v) is 13.8. The second kappa shape index (κ2) is 6.06. The maximum atomic E-state index is 13.1. The van der Waals surface area contributed by atoms with Crippen LogP contribution < -0.4 is 4.90 Å². The number of hydrogen-bond donors (Lipinski definition) is 0. The molecule has 124 valence electrons. The van der Waals surface area contributed by atoms with Gasteiger partial charge in [0, 0.05) is 5.56 Å². The maximum Gasteiger partial charge on any atom is 0.293 e. The molecule has 0 unspecified atom stereocenters. The first-order valence-electron chi connectivity index (χ1n) is 8.26. The number of hydrogen-bond acceptors (Lipinski definition) is 4. The van der Waals surface area contributed by atoms with Crippen molar-refractivity contribution >= 4 is 23.2 Å². The fraction of sp³-hybridized carbons (Fsp3) is 0.588. The van der Waals surface area contributed by atoms with Crippen molar-refractivity contribution in [2.75, 3.05) is 37.1 Å². The van der Waals surface area contributed by atoms with Gasteiger partial charge in [-0.25, -0.2) is 0 Å². The largest absolute Gasteiger partial charge is 0.336 e. The highest BCUT2D eigenvalue weighted by Gasteiger charge is 2.58. The van der Waals surface area contributed by atoms with Crippen LogP contribution in [-0.4, -0.2) is 49.2 Å². The molecule has 0 aliphatic carbocycles. The van der Waals surface area contributed by atoms with Crippen molar-refractivity contribution in [3.63, 3.8) is 0 Å². The summed E-state index contributed by atoms with van der Waals surface area (Å²) in [5.41, 5.74) is 1.69. The number of rotatable bonds is 3. The van der Waals surface area contributed by atoms with Gasteiger partial charge in [-0.05, 0) is 32.0 Å². The average Bonchev–Trinajstić information content (AvgIpc) is 3.13. The Balaban J connectivity index is 1.65. The summed E-state index contributed by atoms with van der Waals surface area (Å²) < 4.78 is 11.8. The van der Waals surface area contributed by atoms with Crippen LogP contribution in [0.5, 0.6) is 0 Å². The van der Waals surface area contributed by atoms with Gasteiger partial charge in [-0.3, -0.25) is 14.6 Å². The monoisotopic (exact) mass is 336 g/mol. The molecule has 3 aliphatic heterocycles. The van der Waals surface area contributed by atoms with Crippen LogP contribution in [-0.2, 0) is 20.1 Å². The van der Waals surface area contributed by atoms with Gasteiger partial charge < -0.3 is 9.47 Å². The number of nitrogens with zero attached hydrogens (tertiary/aromatic N) is 2. The molecule has 5 nitrogen and oxygen atoms in total. The molecule has 23 heavy (non-hydrogen) atoms. The van der Waals surface area contributed by atoms with Crippen molar-refractivity contribution in [3.05, 3.63) is 29.8 Å². The highest BCUT2D eigenvalue weighted by molar-refractivity contribution is 6.18. The molecule has 0 bridgehead atoms. The normalized spacial score (nSPS) is 31.1. The van der Waals surface area contributed by atoms with Crippen LogP contribution >= 0.6 is 11.6 Å². The third-order valence-corrected chi connectivity index (χ3v) is 5.19. The molecule has 0 N–H and O–H groups in total. The van der Waals surface area contributed by atoms with E-state index in [2.05, 4.69) is 4.90 Å². The third kappa shape index (κ3) is 2.47. The summed E-state index contributed by atoms with van der Waals surface area (Å²) in [6, 6.07) is 7.74. The Hall–Kier alpha value is -1.14. The van der Waals surface area contributed by atoms with Gasteiger partial charge in [0.05, 0.1) is 30.9 Å². The second-order valence-electron chi connectivity index (χ2n) is 6.39. The lowest BCUT2D eigenvalue weighted by Crippen LogP contribution is -2.47. The van der Waals surface area contributed by atoms with Crippen LogP contribution in [0, 0.1) is 0 Å². The number of anilines is 1. The molecule has 4 rings (SSSR count). The van der Waals surface area contributed by atoms with E-state index in [4.69, 9.17) is 21.1 Å². The van der Waals surface area contributed by atoms with E-state index in [0.717, 1.165) is 24.3 Å². The lowest BCUT2D eigenvalue weighted by molar-refractivity contribution is -0.185. The Morgan fingerprint density at radius 1 is 1.22 bits per heavy atom. The number of alkyl halides is 1. The van der Waals surface area contributed by atoms with E-state index in [1.54, 1.807) is 4.90 Å². The van der Waals surface area contributed by atoms with Gasteiger partial charge in [0.25, 0.3) is 11.7 Å². The lowest BCUT2D eigenvalue weighted by atomic mass is 10.1. The lowest BCUT2D eigenvalue weighted by Gasteiger charge is -2.31. The number of benzene rings is 1. The van der Waals surface area contributed by atoms with Crippen molar-refractivity contribution in [3.8, 4) is 0 Å². The first-order valence-corrected chi connectivity index (χ1v) is 8.79. The van der Waals surface area contributed by atoms with E-state index >= 15 is 0 Å². The SMILES string of the molecule is O=C1N(CN2CCCCC2)c2ccccc2[C@]12OC[C@@H](CCl)O2. The molecule has 1 aromatic rings. The predicted octanol–water partition coefficient (Wildman–Crippen LogP) is 2.28. The molecule has 2 saturated heterocycles. The molecule has 3 aliphatic rings. The zero-order chi connectivity index (χ0) is 15.9. The van der Waals surface area contributed by atoms with Crippen LogP contribution in [0.3, 0.4) is 0 Å². The number of fused-ring (bicyclic) bond motifs is 2. The number of carbonyl (C=O) groups is 1. The quantitative estimate of drug-likeness (QED) is 0.794. The molecule has 1 spiro atoms. The fourth-order valence-corrected chi connectivity index (χ4v) is 3.83. The molecule has 1 aromatic carbocycles. The van der Waals surface area contributed by atoms with Crippen molar-refractivity contribution in [2.24, 2.45) is 0 Å². The third-order valence-electron chi connectivity index (χ3n) is 4.84. The summed E-state index contributed by atoms with van der Waals surface area (Å²) in [5.74, 6) is -1.10. The van der Waals surface area contributed by atoms with Crippen molar-refractivity contribution in [2.45, 2.75) is 31.2 Å². The molecule has 0 radical (unpaired) electrons. The Bertz CT molecular complexity index is 605. The topological polar surface area (TPSA) is 42.0 Å². The summed E-state index contributed by atoms with van der Waals surface area (Å²) in [5, 5.41) is 0. The van der Waals surface area contributed by atoms with E-state index in [9.17, 15) is 4.79 Å². The standard InChI is InChI=1S/C17H21ClN2O3/c18-10-13-11-22-17(23-13)14-6-2-3-7-15(14)20(16(17)21)12-19-8-4-1-5-9-19/h2-3,6-7,13H,1,4-5,8-12H2/t13-,17-/m1/s1. The number of para-hydroxylation sites is 1. The van der Waals surface area contributed by atoms with Gasteiger partial charge in [-0.15, -0.1) is 11.6 Å². The summed E-state index contributed by atoms with van der Waals surface area (Å²) in [4.78, 5) is 17.3. The highest BCUT2D eigenvalue weighted by atomic mass is 35.5. The summed E-state index contributed by atoms with van der Waals surface area (Å²) in [6.45, 7) is 3.01.